The summed E-state index contributed by atoms with van der Waals surface area (Å²) >= 11 is 0. The number of piperidine rings is 1. The molecule has 0 aromatic carbocycles. The van der Waals surface area contributed by atoms with Gasteiger partial charge < -0.3 is 15.0 Å². The molecule has 0 amide bonds. The molecule has 3 heteroatoms. The van der Waals surface area contributed by atoms with E-state index in [4.69, 9.17) is 4.74 Å². The lowest BCUT2D eigenvalue weighted by atomic mass is 9.88. The van der Waals surface area contributed by atoms with E-state index >= 15 is 0 Å². The van der Waals surface area contributed by atoms with Crippen LogP contribution < -0.4 is 5.32 Å². The van der Waals surface area contributed by atoms with Gasteiger partial charge in [0, 0.05) is 26.2 Å². The zero-order valence-electron chi connectivity index (χ0n) is 10.6. The Balaban J connectivity index is 2.31. The maximum Gasteiger partial charge on any atom is 0.0628 e. The van der Waals surface area contributed by atoms with Crippen LogP contribution in [0, 0.1) is 11.8 Å². The summed E-state index contributed by atoms with van der Waals surface area (Å²) in [5.41, 5.74) is 0. The van der Waals surface area contributed by atoms with Gasteiger partial charge in [0.15, 0.2) is 0 Å². The predicted octanol–water partition coefficient (Wildman–Crippen LogP) is 1.20. The van der Waals surface area contributed by atoms with Crippen LogP contribution in [-0.4, -0.2) is 51.3 Å². The molecule has 0 radical (unpaired) electrons. The standard InChI is InChI=1S/C12H26N2O/c1-10-5-6-14(7-11(10)2)8-12(13-3)9-15-4/h10-13H,5-9H2,1-4H3. The molecule has 15 heavy (non-hydrogen) atoms. The van der Waals surface area contributed by atoms with Crippen molar-refractivity contribution in [2.24, 2.45) is 11.8 Å². The van der Waals surface area contributed by atoms with Gasteiger partial charge in [0.2, 0.25) is 0 Å². The van der Waals surface area contributed by atoms with Crippen LogP contribution in [0.25, 0.3) is 0 Å². The van der Waals surface area contributed by atoms with Crippen LogP contribution in [0.4, 0.5) is 0 Å². The fourth-order valence-electron chi connectivity index (χ4n) is 2.26. The average Bonchev–Trinajstić information content (AvgIpc) is 2.23. The minimum Gasteiger partial charge on any atom is -0.383 e. The Kier molecular flexibility index (Phi) is 5.58. The van der Waals surface area contributed by atoms with Crippen LogP contribution >= 0.6 is 0 Å². The van der Waals surface area contributed by atoms with Crippen LogP contribution in [0.5, 0.6) is 0 Å². The molecule has 0 aliphatic carbocycles. The minimum atomic E-state index is 0.468. The number of methoxy groups -OCH3 is 1. The second-order valence-corrected chi connectivity index (χ2v) is 4.94. The first-order chi connectivity index (χ1) is 7.17. The van der Waals surface area contributed by atoms with Gasteiger partial charge in [-0.25, -0.2) is 0 Å². The molecule has 0 spiro atoms. The second kappa shape index (κ2) is 6.46. The summed E-state index contributed by atoms with van der Waals surface area (Å²) in [5.74, 6) is 1.72. The highest BCUT2D eigenvalue weighted by molar-refractivity contribution is 4.78. The van der Waals surface area contributed by atoms with Gasteiger partial charge in [0.25, 0.3) is 0 Å². The fourth-order valence-corrected chi connectivity index (χ4v) is 2.26. The van der Waals surface area contributed by atoms with Crippen LogP contribution in [0.3, 0.4) is 0 Å². The molecule has 1 aliphatic rings. The van der Waals surface area contributed by atoms with E-state index in [1.807, 2.05) is 7.05 Å². The number of nitrogens with one attached hydrogen (secondary N) is 1. The number of rotatable bonds is 5. The van der Waals surface area contributed by atoms with Gasteiger partial charge >= 0.3 is 0 Å². The lowest BCUT2D eigenvalue weighted by Crippen LogP contribution is -2.47. The van der Waals surface area contributed by atoms with Gasteiger partial charge in [-0.1, -0.05) is 13.8 Å². The molecule has 0 aromatic rings. The van der Waals surface area contributed by atoms with Crippen molar-refractivity contribution >= 4 is 0 Å². The molecule has 1 aliphatic heterocycles. The molecular formula is C12H26N2O. The van der Waals surface area contributed by atoms with Gasteiger partial charge in [0.1, 0.15) is 0 Å². The molecule has 0 bridgehead atoms. The van der Waals surface area contributed by atoms with Gasteiger partial charge in [-0.3, -0.25) is 0 Å². The molecule has 1 fully saturated rings. The van der Waals surface area contributed by atoms with Crippen LogP contribution in [0.15, 0.2) is 0 Å². The van der Waals surface area contributed by atoms with Crippen molar-refractivity contribution in [3.05, 3.63) is 0 Å². The molecular weight excluding hydrogens is 188 g/mol. The number of hydrogen-bond acceptors (Lipinski definition) is 3. The van der Waals surface area contributed by atoms with Crippen molar-refractivity contribution in [3.8, 4) is 0 Å². The third-order valence-corrected chi connectivity index (χ3v) is 3.67. The highest BCUT2D eigenvalue weighted by atomic mass is 16.5. The first kappa shape index (κ1) is 12.9. The van der Waals surface area contributed by atoms with E-state index in [0.717, 1.165) is 25.0 Å². The molecule has 0 saturated carbocycles. The third kappa shape index (κ3) is 4.09. The van der Waals surface area contributed by atoms with E-state index in [0.29, 0.717) is 6.04 Å². The Morgan fingerprint density at radius 1 is 1.40 bits per heavy atom. The molecule has 1 heterocycles. The quantitative estimate of drug-likeness (QED) is 0.744. The van der Waals surface area contributed by atoms with Gasteiger partial charge in [-0.2, -0.15) is 0 Å². The molecule has 90 valence electrons. The van der Waals surface area contributed by atoms with Crippen molar-refractivity contribution in [1.82, 2.24) is 10.2 Å². The molecule has 3 unspecified atom stereocenters. The summed E-state index contributed by atoms with van der Waals surface area (Å²) in [7, 11) is 3.78. The second-order valence-electron chi connectivity index (χ2n) is 4.94. The molecule has 1 rings (SSSR count). The maximum absolute atomic E-state index is 5.20. The number of nitrogens with zero attached hydrogens (tertiary/aromatic N) is 1. The summed E-state index contributed by atoms with van der Waals surface area (Å²) in [6, 6.07) is 0.468. The van der Waals surface area contributed by atoms with E-state index in [2.05, 4.69) is 24.1 Å². The molecule has 1 saturated heterocycles. The Morgan fingerprint density at radius 2 is 2.13 bits per heavy atom. The van der Waals surface area contributed by atoms with E-state index < -0.39 is 0 Å². The Labute approximate surface area is 94.2 Å². The summed E-state index contributed by atoms with van der Waals surface area (Å²) in [4.78, 5) is 2.56. The van der Waals surface area contributed by atoms with E-state index in [1.165, 1.54) is 19.5 Å². The number of likely N-dealkylation sites (tertiary alicyclic amines) is 1. The molecule has 3 atom stereocenters. The number of hydrogen-bond donors (Lipinski definition) is 1. The normalized spacial score (nSPS) is 30.4. The largest absolute Gasteiger partial charge is 0.383 e. The summed E-state index contributed by atoms with van der Waals surface area (Å²) < 4.78 is 5.20. The first-order valence-electron chi connectivity index (χ1n) is 6.06. The highest BCUT2D eigenvalue weighted by Crippen LogP contribution is 2.22. The van der Waals surface area contributed by atoms with Crippen molar-refractivity contribution in [1.29, 1.82) is 0 Å². The summed E-state index contributed by atoms with van der Waals surface area (Å²) in [5, 5.41) is 3.31. The maximum atomic E-state index is 5.20. The van der Waals surface area contributed by atoms with Crippen LogP contribution in [0.2, 0.25) is 0 Å². The Bertz CT molecular complexity index is 175. The fraction of sp³-hybridized carbons (Fsp3) is 1.00. The summed E-state index contributed by atoms with van der Waals surface area (Å²) in [6.07, 6.45) is 1.34. The molecule has 0 aromatic heterocycles. The number of likely N-dealkylation sites (N-methyl/N-ethyl adjacent to an activating group) is 1. The van der Waals surface area contributed by atoms with E-state index in [9.17, 15) is 0 Å². The van der Waals surface area contributed by atoms with Crippen molar-refractivity contribution in [2.75, 3.05) is 40.4 Å². The van der Waals surface area contributed by atoms with E-state index in [1.54, 1.807) is 7.11 Å². The zero-order valence-corrected chi connectivity index (χ0v) is 10.6. The SMILES string of the molecule is CNC(COC)CN1CCC(C)C(C)C1. The van der Waals surface area contributed by atoms with Gasteiger partial charge in [-0.15, -0.1) is 0 Å². The number of ether oxygens (including phenoxy) is 1. The zero-order chi connectivity index (χ0) is 11.3. The summed E-state index contributed by atoms with van der Waals surface area (Å²) in [6.45, 7) is 9.13. The third-order valence-electron chi connectivity index (χ3n) is 3.67. The highest BCUT2D eigenvalue weighted by Gasteiger charge is 2.23. The minimum absolute atomic E-state index is 0.468. The lowest BCUT2D eigenvalue weighted by molar-refractivity contribution is 0.1000. The van der Waals surface area contributed by atoms with Gasteiger partial charge in [-0.05, 0) is 31.8 Å². The van der Waals surface area contributed by atoms with Crippen LogP contribution in [0.1, 0.15) is 20.3 Å². The first-order valence-corrected chi connectivity index (χ1v) is 6.06. The van der Waals surface area contributed by atoms with Crippen molar-refractivity contribution < 1.29 is 4.74 Å². The van der Waals surface area contributed by atoms with Crippen molar-refractivity contribution in [2.45, 2.75) is 26.3 Å². The predicted molar refractivity (Wildman–Crippen MR) is 64.1 cm³/mol. The lowest BCUT2D eigenvalue weighted by Gasteiger charge is -2.37. The van der Waals surface area contributed by atoms with Crippen molar-refractivity contribution in [3.63, 3.8) is 0 Å². The monoisotopic (exact) mass is 214 g/mol. The van der Waals surface area contributed by atoms with Gasteiger partial charge in [0.05, 0.1) is 6.61 Å². The van der Waals surface area contributed by atoms with Crippen LogP contribution in [-0.2, 0) is 4.74 Å². The van der Waals surface area contributed by atoms with E-state index in [-0.39, 0.29) is 0 Å². The Hall–Kier alpha value is -0.120. The molecule has 3 nitrogen and oxygen atoms in total. The molecule has 1 N–H and O–H groups in total. The topological polar surface area (TPSA) is 24.5 Å². The smallest absolute Gasteiger partial charge is 0.0628 e. The average molecular weight is 214 g/mol. The Morgan fingerprint density at radius 3 is 2.67 bits per heavy atom.